The number of hydrogen-bond acceptors (Lipinski definition) is 5. The summed E-state index contributed by atoms with van der Waals surface area (Å²) in [6.07, 6.45) is 2.27. The van der Waals surface area contributed by atoms with E-state index in [0.717, 1.165) is 27.7 Å². The average molecular weight is 521 g/mol. The lowest BCUT2D eigenvalue weighted by molar-refractivity contribution is 0.0955. The number of rotatable bonds is 7. The zero-order chi connectivity index (χ0) is 25.3. The number of carbonyl (C=O) groups excluding carboxylic acids is 1. The summed E-state index contributed by atoms with van der Waals surface area (Å²) in [5, 5.41) is 7.83. The number of nitrogens with one attached hydrogen (secondary N) is 2. The Labute approximate surface area is 215 Å². The molecule has 1 aromatic heterocycles. The molecule has 5 rings (SSSR count). The molecular formula is C27H25ClN4O3S. The summed E-state index contributed by atoms with van der Waals surface area (Å²) in [5.41, 5.74) is 4.69. The molecule has 7 nitrogen and oxygen atoms in total. The van der Waals surface area contributed by atoms with Crippen molar-refractivity contribution in [3.63, 3.8) is 0 Å². The van der Waals surface area contributed by atoms with Crippen LogP contribution in [0.1, 0.15) is 21.5 Å². The Morgan fingerprint density at radius 3 is 2.64 bits per heavy atom. The van der Waals surface area contributed by atoms with Gasteiger partial charge in [-0.25, -0.2) is 8.42 Å². The maximum Gasteiger partial charge on any atom is 0.264 e. The first-order chi connectivity index (χ1) is 17.3. The van der Waals surface area contributed by atoms with Gasteiger partial charge in [0.1, 0.15) is 0 Å². The van der Waals surface area contributed by atoms with Crippen molar-refractivity contribution < 1.29 is 13.2 Å². The first-order valence-corrected chi connectivity index (χ1v) is 13.4. The Kier molecular flexibility index (Phi) is 6.55. The van der Waals surface area contributed by atoms with Crippen LogP contribution in [0.4, 0.5) is 11.4 Å². The number of anilines is 2. The van der Waals surface area contributed by atoms with Crippen molar-refractivity contribution in [1.29, 1.82) is 0 Å². The number of fused-ring (bicyclic) bond motifs is 2. The van der Waals surface area contributed by atoms with Gasteiger partial charge in [0, 0.05) is 47.5 Å². The third-order valence-corrected chi connectivity index (χ3v) is 8.30. The summed E-state index contributed by atoms with van der Waals surface area (Å²) in [6.45, 7) is 3.22. The fraction of sp³-hybridized carbons (Fsp3) is 0.185. The summed E-state index contributed by atoms with van der Waals surface area (Å²) in [7, 11) is -3.65. The summed E-state index contributed by atoms with van der Waals surface area (Å²) in [6, 6.07) is 19.4. The summed E-state index contributed by atoms with van der Waals surface area (Å²) in [5.74, 6) is -0.203. The van der Waals surface area contributed by atoms with Gasteiger partial charge in [-0.2, -0.15) is 0 Å². The van der Waals surface area contributed by atoms with Crippen LogP contribution in [0, 0.1) is 6.92 Å². The van der Waals surface area contributed by atoms with Crippen LogP contribution in [0.5, 0.6) is 0 Å². The van der Waals surface area contributed by atoms with Crippen molar-refractivity contribution in [3.05, 3.63) is 94.6 Å². The fourth-order valence-electron chi connectivity index (χ4n) is 4.35. The Bertz CT molecular complexity index is 1560. The van der Waals surface area contributed by atoms with Gasteiger partial charge >= 0.3 is 0 Å². The highest BCUT2D eigenvalue weighted by Gasteiger charge is 2.31. The number of amides is 1. The molecule has 0 unspecified atom stereocenters. The largest absolute Gasteiger partial charge is 0.383 e. The molecule has 2 N–H and O–H groups in total. The van der Waals surface area contributed by atoms with Crippen molar-refractivity contribution >= 4 is 49.8 Å². The Hall–Kier alpha value is -3.62. The van der Waals surface area contributed by atoms with Crippen molar-refractivity contribution in [3.8, 4) is 0 Å². The molecule has 2 heterocycles. The number of benzene rings is 3. The lowest BCUT2D eigenvalue weighted by Crippen LogP contribution is -2.29. The Balaban J connectivity index is 1.22. The highest BCUT2D eigenvalue weighted by atomic mass is 35.5. The maximum atomic E-state index is 13.1. The first kappa shape index (κ1) is 24.1. The van der Waals surface area contributed by atoms with E-state index in [4.69, 9.17) is 11.6 Å². The molecule has 0 bridgehead atoms. The van der Waals surface area contributed by atoms with Crippen LogP contribution in [0.3, 0.4) is 0 Å². The molecule has 0 fully saturated rings. The quantitative estimate of drug-likeness (QED) is 0.342. The van der Waals surface area contributed by atoms with Gasteiger partial charge in [0.2, 0.25) is 0 Å². The van der Waals surface area contributed by atoms with E-state index in [2.05, 4.69) is 15.6 Å². The topological polar surface area (TPSA) is 91.4 Å². The van der Waals surface area contributed by atoms with Crippen molar-refractivity contribution in [1.82, 2.24) is 10.3 Å². The zero-order valence-electron chi connectivity index (χ0n) is 19.7. The van der Waals surface area contributed by atoms with Crippen LogP contribution < -0.4 is 14.9 Å². The third-order valence-electron chi connectivity index (χ3n) is 6.23. The highest BCUT2D eigenvalue weighted by Crippen LogP contribution is 2.33. The monoisotopic (exact) mass is 520 g/mol. The number of halogens is 1. The number of carbonyl (C=O) groups is 1. The van der Waals surface area contributed by atoms with Crippen LogP contribution in [0.25, 0.3) is 10.9 Å². The molecule has 1 aliphatic rings. The molecule has 0 radical (unpaired) electrons. The van der Waals surface area contributed by atoms with Crippen LogP contribution >= 0.6 is 11.6 Å². The minimum absolute atomic E-state index is 0.203. The Morgan fingerprint density at radius 2 is 1.83 bits per heavy atom. The van der Waals surface area contributed by atoms with E-state index in [-0.39, 0.29) is 10.8 Å². The molecule has 0 aliphatic carbocycles. The lowest BCUT2D eigenvalue weighted by atomic mass is 10.1. The second-order valence-electron chi connectivity index (χ2n) is 8.69. The normalized spacial score (nSPS) is 13.0. The van der Waals surface area contributed by atoms with E-state index in [1.807, 2.05) is 31.2 Å². The average Bonchev–Trinajstić information content (AvgIpc) is 3.31. The minimum atomic E-state index is -3.65. The Morgan fingerprint density at radius 1 is 1.03 bits per heavy atom. The molecule has 1 amide bonds. The number of aryl methyl sites for hydroxylation is 1. The van der Waals surface area contributed by atoms with Gasteiger partial charge < -0.3 is 10.6 Å². The van der Waals surface area contributed by atoms with Gasteiger partial charge in [-0.3, -0.25) is 14.1 Å². The fourth-order valence-corrected chi connectivity index (χ4v) is 6.02. The molecule has 9 heteroatoms. The highest BCUT2D eigenvalue weighted by molar-refractivity contribution is 7.92. The number of sulfonamides is 1. The molecule has 4 aromatic rings. The summed E-state index contributed by atoms with van der Waals surface area (Å²) >= 11 is 6.05. The van der Waals surface area contributed by atoms with Crippen molar-refractivity contribution in [2.75, 3.05) is 29.3 Å². The molecule has 1 aliphatic heterocycles. The molecule has 3 aromatic carbocycles. The smallest absolute Gasteiger partial charge is 0.264 e. The van der Waals surface area contributed by atoms with Crippen molar-refractivity contribution in [2.24, 2.45) is 0 Å². The first-order valence-electron chi connectivity index (χ1n) is 11.6. The standard InChI is InChI=1S/C27H25ClN4O3S/c1-18-2-6-22(7-3-18)36(34,35)32-15-11-19-16-20(4-9-26(19)32)27(33)31-14-13-30-24-10-12-29-25-17-21(28)5-8-23(24)25/h2-10,12,16-17H,11,13-15H2,1H3,(H,29,30)(H,31,33). The van der Waals surface area contributed by atoms with Crippen LogP contribution in [-0.2, 0) is 16.4 Å². The van der Waals surface area contributed by atoms with Gasteiger partial charge in [0.05, 0.1) is 16.1 Å². The van der Waals surface area contributed by atoms with Gasteiger partial charge in [0.25, 0.3) is 15.9 Å². The third kappa shape index (κ3) is 4.74. The molecule has 0 saturated heterocycles. The van der Waals surface area contributed by atoms with Gasteiger partial charge in [-0.15, -0.1) is 0 Å². The molecule has 0 spiro atoms. The molecular weight excluding hydrogens is 496 g/mol. The number of pyridine rings is 1. The second-order valence-corrected chi connectivity index (χ2v) is 11.0. The van der Waals surface area contributed by atoms with Crippen molar-refractivity contribution in [2.45, 2.75) is 18.2 Å². The second kappa shape index (κ2) is 9.79. The van der Waals surface area contributed by atoms with E-state index < -0.39 is 10.0 Å². The van der Waals surface area contributed by atoms with E-state index in [1.54, 1.807) is 48.7 Å². The van der Waals surface area contributed by atoms with Gasteiger partial charge in [0.15, 0.2) is 0 Å². The van der Waals surface area contributed by atoms with E-state index >= 15 is 0 Å². The summed E-state index contributed by atoms with van der Waals surface area (Å²) < 4.78 is 27.7. The molecule has 0 saturated carbocycles. The predicted octanol–water partition coefficient (Wildman–Crippen LogP) is 4.79. The van der Waals surface area contributed by atoms with Crippen LogP contribution in [0.15, 0.2) is 77.8 Å². The molecule has 0 atom stereocenters. The maximum absolute atomic E-state index is 13.1. The minimum Gasteiger partial charge on any atom is -0.383 e. The zero-order valence-corrected chi connectivity index (χ0v) is 21.2. The molecule has 184 valence electrons. The van der Waals surface area contributed by atoms with Gasteiger partial charge in [-0.1, -0.05) is 29.3 Å². The molecule has 36 heavy (non-hydrogen) atoms. The summed E-state index contributed by atoms with van der Waals surface area (Å²) in [4.78, 5) is 17.3. The lowest BCUT2D eigenvalue weighted by Gasteiger charge is -2.20. The number of hydrogen-bond donors (Lipinski definition) is 2. The number of nitrogens with zero attached hydrogens (tertiary/aromatic N) is 2. The van der Waals surface area contributed by atoms with Crippen LogP contribution in [0.2, 0.25) is 5.02 Å². The van der Waals surface area contributed by atoms with E-state index in [9.17, 15) is 13.2 Å². The predicted molar refractivity (Wildman–Crippen MR) is 143 cm³/mol. The SMILES string of the molecule is Cc1ccc(S(=O)(=O)N2CCc3cc(C(=O)NCCNc4ccnc5cc(Cl)ccc45)ccc32)cc1. The number of aromatic nitrogens is 1. The van der Waals surface area contributed by atoms with E-state index in [1.165, 1.54) is 4.31 Å². The van der Waals surface area contributed by atoms with Crippen LogP contribution in [-0.4, -0.2) is 38.9 Å². The van der Waals surface area contributed by atoms with Gasteiger partial charge in [-0.05, 0) is 73.5 Å². The van der Waals surface area contributed by atoms with E-state index in [0.29, 0.717) is 42.3 Å².